The number of hydrogen-bond acceptors (Lipinski definition) is 2. The fraction of sp³-hybridized carbons (Fsp3) is 0.417. The van der Waals surface area contributed by atoms with Gasteiger partial charge in [0.15, 0.2) is 0 Å². The predicted octanol–water partition coefficient (Wildman–Crippen LogP) is 2.88. The third-order valence-corrected chi connectivity index (χ3v) is 2.57. The van der Waals surface area contributed by atoms with Crippen molar-refractivity contribution in [3.63, 3.8) is 0 Å². The van der Waals surface area contributed by atoms with Crippen molar-refractivity contribution in [1.82, 2.24) is 0 Å². The van der Waals surface area contributed by atoms with Crippen LogP contribution >= 0.6 is 0 Å². The molecule has 0 amide bonds. The first-order valence-corrected chi connectivity index (χ1v) is 5.05. The third-order valence-electron chi connectivity index (χ3n) is 2.57. The minimum Gasteiger partial charge on any atom is -0.490 e. The molecule has 1 fully saturated rings. The monoisotopic (exact) mass is 187 g/mol. The Morgan fingerprint density at radius 1 is 1.29 bits per heavy atom. The van der Waals surface area contributed by atoms with Crippen LogP contribution in [0.15, 0.2) is 24.3 Å². The summed E-state index contributed by atoms with van der Waals surface area (Å²) in [5, 5.41) is 8.72. The van der Waals surface area contributed by atoms with Gasteiger partial charge in [-0.2, -0.15) is 5.26 Å². The number of hydrogen-bond donors (Lipinski definition) is 0. The summed E-state index contributed by atoms with van der Waals surface area (Å²) in [6.07, 6.45) is 5.20. The second kappa shape index (κ2) is 4.15. The average Bonchev–Trinajstić information content (AvgIpc) is 2.71. The molecule has 2 rings (SSSR count). The molecule has 1 aliphatic rings. The summed E-state index contributed by atoms with van der Waals surface area (Å²) >= 11 is 0. The molecule has 0 atom stereocenters. The summed E-state index contributed by atoms with van der Waals surface area (Å²) in [6, 6.07) is 9.49. The van der Waals surface area contributed by atoms with E-state index in [0.29, 0.717) is 11.7 Å². The Bertz CT molecular complexity index is 348. The van der Waals surface area contributed by atoms with E-state index in [2.05, 4.69) is 6.07 Å². The molecule has 1 aromatic carbocycles. The molecule has 1 aromatic rings. The highest BCUT2D eigenvalue weighted by molar-refractivity contribution is 5.36. The van der Waals surface area contributed by atoms with Gasteiger partial charge < -0.3 is 4.74 Å². The molecule has 72 valence electrons. The van der Waals surface area contributed by atoms with Crippen molar-refractivity contribution in [3.05, 3.63) is 29.8 Å². The van der Waals surface area contributed by atoms with Crippen LogP contribution in [0, 0.1) is 11.3 Å². The van der Waals surface area contributed by atoms with Gasteiger partial charge in [0, 0.05) is 0 Å². The minimum atomic E-state index is 0.365. The maximum absolute atomic E-state index is 8.72. The molecule has 0 radical (unpaired) electrons. The van der Waals surface area contributed by atoms with Gasteiger partial charge in [0.1, 0.15) is 5.75 Å². The van der Waals surface area contributed by atoms with Crippen molar-refractivity contribution in [1.29, 1.82) is 5.26 Å². The predicted molar refractivity (Wildman–Crippen MR) is 54.0 cm³/mol. The van der Waals surface area contributed by atoms with E-state index in [9.17, 15) is 0 Å². The van der Waals surface area contributed by atoms with Gasteiger partial charge in [-0.1, -0.05) is 6.07 Å². The largest absolute Gasteiger partial charge is 0.490 e. The van der Waals surface area contributed by atoms with Crippen LogP contribution in [0.5, 0.6) is 5.75 Å². The van der Waals surface area contributed by atoms with Crippen LogP contribution in [0.2, 0.25) is 0 Å². The number of nitriles is 1. The van der Waals surface area contributed by atoms with E-state index >= 15 is 0 Å². The highest BCUT2D eigenvalue weighted by atomic mass is 16.5. The van der Waals surface area contributed by atoms with E-state index in [1.54, 1.807) is 12.1 Å². The van der Waals surface area contributed by atoms with Crippen LogP contribution in [0.3, 0.4) is 0 Å². The maximum atomic E-state index is 8.72. The first-order chi connectivity index (χ1) is 6.88. The fourth-order valence-electron chi connectivity index (χ4n) is 1.84. The molecule has 2 heteroatoms. The highest BCUT2D eigenvalue weighted by Crippen LogP contribution is 2.24. The molecule has 0 N–H and O–H groups in total. The third kappa shape index (κ3) is 2.05. The van der Waals surface area contributed by atoms with E-state index in [-0.39, 0.29) is 0 Å². The Balaban J connectivity index is 2.05. The lowest BCUT2D eigenvalue weighted by molar-refractivity contribution is 0.210. The first-order valence-electron chi connectivity index (χ1n) is 5.05. The van der Waals surface area contributed by atoms with Crippen LogP contribution in [0.4, 0.5) is 0 Å². The van der Waals surface area contributed by atoms with Gasteiger partial charge in [0.2, 0.25) is 0 Å². The summed E-state index contributed by atoms with van der Waals surface area (Å²) in [7, 11) is 0. The molecule has 0 unspecified atom stereocenters. The lowest BCUT2D eigenvalue weighted by atomic mass is 10.2. The zero-order chi connectivity index (χ0) is 9.80. The van der Waals surface area contributed by atoms with Crippen LogP contribution < -0.4 is 4.74 Å². The zero-order valence-electron chi connectivity index (χ0n) is 8.07. The second-order valence-electron chi connectivity index (χ2n) is 3.66. The molecule has 2 nitrogen and oxygen atoms in total. The number of benzene rings is 1. The van der Waals surface area contributed by atoms with Gasteiger partial charge in [0.05, 0.1) is 17.7 Å². The summed E-state index contributed by atoms with van der Waals surface area (Å²) in [5.41, 5.74) is 0.667. The fourth-order valence-corrected chi connectivity index (χ4v) is 1.84. The first kappa shape index (κ1) is 9.08. The van der Waals surface area contributed by atoms with Crippen molar-refractivity contribution in [2.24, 2.45) is 0 Å². The summed E-state index contributed by atoms with van der Waals surface area (Å²) in [5.74, 6) is 0.830. The highest BCUT2D eigenvalue weighted by Gasteiger charge is 2.16. The van der Waals surface area contributed by atoms with E-state index in [4.69, 9.17) is 10.00 Å². The molecule has 0 saturated heterocycles. The second-order valence-corrected chi connectivity index (χ2v) is 3.66. The molecular weight excluding hydrogens is 174 g/mol. The molecule has 1 saturated carbocycles. The number of ether oxygens (including phenoxy) is 1. The van der Waals surface area contributed by atoms with Crippen LogP contribution in [0.1, 0.15) is 31.2 Å². The SMILES string of the molecule is N#Cc1cccc(OC2CCCC2)c1. The lowest BCUT2D eigenvalue weighted by Crippen LogP contribution is -2.10. The van der Waals surface area contributed by atoms with Gasteiger partial charge in [0.25, 0.3) is 0 Å². The summed E-state index contributed by atoms with van der Waals surface area (Å²) in [6.45, 7) is 0. The molecule has 0 spiro atoms. The van der Waals surface area contributed by atoms with Gasteiger partial charge in [-0.3, -0.25) is 0 Å². The van der Waals surface area contributed by atoms with Gasteiger partial charge in [-0.25, -0.2) is 0 Å². The average molecular weight is 187 g/mol. The maximum Gasteiger partial charge on any atom is 0.121 e. The Kier molecular flexibility index (Phi) is 2.69. The van der Waals surface area contributed by atoms with Crippen LogP contribution in [-0.2, 0) is 0 Å². The van der Waals surface area contributed by atoms with Gasteiger partial charge in [-0.15, -0.1) is 0 Å². The Morgan fingerprint density at radius 2 is 2.07 bits per heavy atom. The smallest absolute Gasteiger partial charge is 0.121 e. The van der Waals surface area contributed by atoms with E-state index in [0.717, 1.165) is 18.6 Å². The van der Waals surface area contributed by atoms with E-state index in [1.165, 1.54) is 12.8 Å². The Hall–Kier alpha value is -1.49. The molecule has 0 heterocycles. The topological polar surface area (TPSA) is 33.0 Å². The van der Waals surface area contributed by atoms with Crippen LogP contribution in [-0.4, -0.2) is 6.10 Å². The van der Waals surface area contributed by atoms with Crippen molar-refractivity contribution in [2.45, 2.75) is 31.8 Å². The number of nitrogens with zero attached hydrogens (tertiary/aromatic N) is 1. The van der Waals surface area contributed by atoms with Gasteiger partial charge >= 0.3 is 0 Å². The lowest BCUT2D eigenvalue weighted by Gasteiger charge is -2.12. The number of rotatable bonds is 2. The Labute approximate surface area is 84.1 Å². The Morgan fingerprint density at radius 3 is 2.79 bits per heavy atom. The van der Waals surface area contributed by atoms with Crippen molar-refractivity contribution in [2.75, 3.05) is 0 Å². The van der Waals surface area contributed by atoms with Crippen molar-refractivity contribution < 1.29 is 4.74 Å². The summed E-state index contributed by atoms with van der Waals surface area (Å²) < 4.78 is 5.77. The van der Waals surface area contributed by atoms with Crippen molar-refractivity contribution >= 4 is 0 Å². The molecule has 0 aromatic heterocycles. The molecule has 1 aliphatic carbocycles. The zero-order valence-corrected chi connectivity index (χ0v) is 8.07. The summed E-state index contributed by atoms with van der Waals surface area (Å²) in [4.78, 5) is 0. The van der Waals surface area contributed by atoms with Crippen molar-refractivity contribution in [3.8, 4) is 11.8 Å². The molecular formula is C12H13NO. The molecule has 0 bridgehead atoms. The van der Waals surface area contributed by atoms with Gasteiger partial charge in [-0.05, 0) is 43.9 Å². The normalized spacial score (nSPS) is 16.5. The molecule has 0 aliphatic heterocycles. The minimum absolute atomic E-state index is 0.365. The standard InChI is InChI=1S/C12H13NO/c13-9-10-4-3-7-12(8-10)14-11-5-1-2-6-11/h3-4,7-8,11H,1-2,5-6H2. The quantitative estimate of drug-likeness (QED) is 0.713. The van der Waals surface area contributed by atoms with E-state index < -0.39 is 0 Å². The van der Waals surface area contributed by atoms with Crippen LogP contribution in [0.25, 0.3) is 0 Å². The molecule has 14 heavy (non-hydrogen) atoms. The van der Waals surface area contributed by atoms with E-state index in [1.807, 2.05) is 12.1 Å².